The van der Waals surface area contributed by atoms with Crippen LogP contribution in [0, 0.1) is 0 Å². The van der Waals surface area contributed by atoms with Crippen LogP contribution < -0.4 is 10.6 Å². The zero-order chi connectivity index (χ0) is 20.7. The van der Waals surface area contributed by atoms with Crippen molar-refractivity contribution in [3.63, 3.8) is 0 Å². The molecule has 1 aromatic heterocycles. The monoisotopic (exact) mass is 401 g/mol. The first-order valence-corrected chi connectivity index (χ1v) is 13.8. The smallest absolute Gasteiger partial charge is 0.412 e. The molecule has 1 heterocycles. The van der Waals surface area contributed by atoms with Crippen molar-refractivity contribution in [2.24, 2.45) is 0 Å². The van der Waals surface area contributed by atoms with Crippen LogP contribution in [0.25, 0.3) is 10.9 Å². The summed E-state index contributed by atoms with van der Waals surface area (Å²) >= 11 is 0. The van der Waals surface area contributed by atoms with Gasteiger partial charge in [0.25, 0.3) is 0 Å². The number of rotatable bonds is 4. The largest absolute Gasteiger partial charge is 0.444 e. The molecule has 2 N–H and O–H groups in total. The molecule has 0 fully saturated rings. The van der Waals surface area contributed by atoms with Gasteiger partial charge in [0, 0.05) is 28.3 Å². The first-order chi connectivity index (χ1) is 13.0. The first kappa shape index (κ1) is 20.9. The number of hydrogen-bond acceptors (Lipinski definition) is 3. The van der Waals surface area contributed by atoms with Crippen LogP contribution >= 0.6 is 0 Å². The van der Waals surface area contributed by atoms with Crippen LogP contribution in [0.15, 0.2) is 18.2 Å². The van der Waals surface area contributed by atoms with Gasteiger partial charge < -0.3 is 14.3 Å². The molecule has 0 spiro atoms. The molecule has 2 aromatic rings. The van der Waals surface area contributed by atoms with Crippen LogP contribution in [0.5, 0.6) is 0 Å². The van der Waals surface area contributed by atoms with Crippen molar-refractivity contribution in [3.8, 4) is 0 Å². The number of nitrogens with one attached hydrogen (secondary N) is 2. The van der Waals surface area contributed by atoms with Crippen molar-refractivity contribution in [2.75, 3.05) is 11.9 Å². The summed E-state index contributed by atoms with van der Waals surface area (Å²) in [7, 11) is -1.56. The van der Waals surface area contributed by atoms with Gasteiger partial charge in [-0.15, -0.1) is 0 Å². The van der Waals surface area contributed by atoms with E-state index in [4.69, 9.17) is 4.74 Å². The maximum Gasteiger partial charge on any atom is 0.412 e. The summed E-state index contributed by atoms with van der Waals surface area (Å²) in [4.78, 5) is 12.2. The summed E-state index contributed by atoms with van der Waals surface area (Å²) in [5.74, 6) is 0. The van der Waals surface area contributed by atoms with E-state index in [-0.39, 0.29) is 0 Å². The number of aromatic nitrogens is 1. The van der Waals surface area contributed by atoms with E-state index in [1.54, 1.807) is 0 Å². The fourth-order valence-corrected chi connectivity index (χ4v) is 6.26. The average Bonchev–Trinajstić information content (AvgIpc) is 2.87. The van der Waals surface area contributed by atoms with Gasteiger partial charge in [0.15, 0.2) is 8.24 Å². The van der Waals surface area contributed by atoms with E-state index >= 15 is 0 Å². The summed E-state index contributed by atoms with van der Waals surface area (Å²) in [5.41, 5.74) is 4.53. The van der Waals surface area contributed by atoms with E-state index in [1.807, 2.05) is 26.8 Å². The number of amides is 1. The van der Waals surface area contributed by atoms with Crippen LogP contribution in [-0.2, 0) is 17.6 Å². The van der Waals surface area contributed by atoms with Gasteiger partial charge in [-0.05, 0) is 70.3 Å². The summed E-state index contributed by atoms with van der Waals surface area (Å²) in [6.07, 6.45) is 2.94. The Hall–Kier alpha value is -1.79. The Morgan fingerprint density at radius 1 is 1.29 bits per heavy atom. The molecule has 1 unspecified atom stereocenters. The summed E-state index contributed by atoms with van der Waals surface area (Å²) in [5, 5.41) is 7.80. The Morgan fingerprint density at radius 3 is 2.61 bits per heavy atom. The molecule has 5 nitrogen and oxygen atoms in total. The van der Waals surface area contributed by atoms with Gasteiger partial charge in [-0.25, -0.2) is 4.79 Å². The Labute approximate surface area is 169 Å². The lowest BCUT2D eigenvalue weighted by Crippen LogP contribution is -2.38. The zero-order valence-corrected chi connectivity index (χ0v) is 19.4. The second-order valence-corrected chi connectivity index (χ2v) is 14.6. The molecule has 0 bridgehead atoms. The molecule has 6 heteroatoms. The lowest BCUT2D eigenvalue weighted by molar-refractivity contribution is 0.0636. The van der Waals surface area contributed by atoms with E-state index < -0.39 is 19.9 Å². The molecule has 1 aliphatic carbocycles. The molecule has 1 amide bonds. The van der Waals surface area contributed by atoms with E-state index in [2.05, 4.69) is 53.6 Å². The van der Waals surface area contributed by atoms with Crippen molar-refractivity contribution < 1.29 is 9.53 Å². The fourth-order valence-electron chi connectivity index (χ4n) is 4.29. The number of fused-ring (bicyclic) bond motifs is 3. The van der Waals surface area contributed by atoms with Crippen LogP contribution in [0.2, 0.25) is 19.6 Å². The number of benzene rings is 1. The molecule has 0 saturated carbocycles. The SMILES string of the molecule is CCNC1CCc2c(c3cc(NC(=O)OC(C)(C)C)ccc3n2[Si](C)(C)C)C1. The number of ether oxygens (including phenoxy) is 1. The zero-order valence-electron chi connectivity index (χ0n) is 18.4. The van der Waals surface area contributed by atoms with Crippen molar-refractivity contribution in [3.05, 3.63) is 29.5 Å². The third kappa shape index (κ3) is 4.44. The second-order valence-electron chi connectivity index (χ2n) is 9.79. The molecule has 1 aliphatic rings. The number of hydrogen-bond donors (Lipinski definition) is 2. The Bertz CT molecular complexity index is 875. The minimum Gasteiger partial charge on any atom is -0.444 e. The van der Waals surface area contributed by atoms with E-state index in [0.29, 0.717) is 6.04 Å². The maximum absolute atomic E-state index is 12.2. The standard InChI is InChI=1S/C22H35N3O2Si/c1-8-23-15-9-11-19-17(13-15)18-14-16(24-21(26)27-22(2,3)4)10-12-20(18)25(19)28(5,6)7/h10,12,14-15,23H,8-9,11,13H2,1-7H3,(H,24,26). The maximum atomic E-state index is 12.2. The molecular weight excluding hydrogens is 366 g/mol. The Balaban J connectivity index is 2.02. The normalized spacial score (nSPS) is 17.5. The molecule has 0 saturated heterocycles. The van der Waals surface area contributed by atoms with Crippen molar-refractivity contribution in [2.45, 2.75) is 78.2 Å². The Morgan fingerprint density at radius 2 is 2.00 bits per heavy atom. The van der Waals surface area contributed by atoms with Gasteiger partial charge in [0.1, 0.15) is 5.60 Å². The lowest BCUT2D eigenvalue weighted by Gasteiger charge is -2.29. The lowest BCUT2D eigenvalue weighted by atomic mass is 9.91. The van der Waals surface area contributed by atoms with Gasteiger partial charge in [-0.1, -0.05) is 26.6 Å². The summed E-state index contributed by atoms with van der Waals surface area (Å²) in [6, 6.07) is 6.82. The third-order valence-electron chi connectivity index (χ3n) is 5.17. The van der Waals surface area contributed by atoms with Crippen molar-refractivity contribution >= 4 is 30.9 Å². The minimum absolute atomic E-state index is 0.407. The van der Waals surface area contributed by atoms with Crippen LogP contribution in [0.4, 0.5) is 10.5 Å². The number of nitrogens with zero attached hydrogens (tertiary/aromatic N) is 1. The molecule has 3 rings (SSSR count). The minimum atomic E-state index is -1.56. The molecule has 0 radical (unpaired) electrons. The highest BCUT2D eigenvalue weighted by atomic mass is 28.3. The van der Waals surface area contributed by atoms with Crippen LogP contribution in [0.1, 0.15) is 45.4 Å². The van der Waals surface area contributed by atoms with Gasteiger partial charge >= 0.3 is 6.09 Å². The quantitative estimate of drug-likeness (QED) is 0.698. The van der Waals surface area contributed by atoms with E-state index in [9.17, 15) is 4.79 Å². The Kier molecular flexibility index (Phi) is 5.65. The number of likely N-dealkylation sites (N-methyl/N-ethyl adjacent to an activating group) is 1. The van der Waals surface area contributed by atoms with E-state index in [1.165, 1.54) is 28.6 Å². The van der Waals surface area contributed by atoms with Crippen LogP contribution in [-0.4, -0.2) is 36.7 Å². The molecule has 0 aliphatic heterocycles. The topological polar surface area (TPSA) is 55.3 Å². The van der Waals surface area contributed by atoms with E-state index in [0.717, 1.165) is 25.1 Å². The third-order valence-corrected chi connectivity index (χ3v) is 7.02. The second kappa shape index (κ2) is 7.56. The molecule has 1 atom stereocenters. The molecule has 154 valence electrons. The predicted molar refractivity (Wildman–Crippen MR) is 120 cm³/mol. The summed E-state index contributed by atoms with van der Waals surface area (Å²) in [6.45, 7) is 16.0. The summed E-state index contributed by atoms with van der Waals surface area (Å²) < 4.78 is 8.04. The highest BCUT2D eigenvalue weighted by molar-refractivity contribution is 6.75. The fraction of sp³-hybridized carbons (Fsp3) is 0.591. The predicted octanol–water partition coefficient (Wildman–Crippen LogP) is 5.14. The molecule has 1 aromatic carbocycles. The van der Waals surface area contributed by atoms with Gasteiger partial charge in [0.2, 0.25) is 0 Å². The van der Waals surface area contributed by atoms with Gasteiger partial charge in [-0.2, -0.15) is 0 Å². The number of carbonyl (C=O) groups excluding carboxylic acids is 1. The van der Waals surface area contributed by atoms with Crippen molar-refractivity contribution in [1.82, 2.24) is 9.55 Å². The highest BCUT2D eigenvalue weighted by Gasteiger charge is 2.30. The van der Waals surface area contributed by atoms with Gasteiger partial charge in [-0.3, -0.25) is 5.32 Å². The first-order valence-electron chi connectivity index (χ1n) is 10.4. The number of carbonyl (C=O) groups is 1. The number of anilines is 1. The molecule has 28 heavy (non-hydrogen) atoms. The van der Waals surface area contributed by atoms with Crippen molar-refractivity contribution in [1.29, 1.82) is 0 Å². The van der Waals surface area contributed by atoms with Crippen LogP contribution in [0.3, 0.4) is 0 Å². The highest BCUT2D eigenvalue weighted by Crippen LogP contribution is 2.36. The molecular formula is C22H35N3O2Si. The average molecular weight is 402 g/mol. The van der Waals surface area contributed by atoms with Gasteiger partial charge in [0.05, 0.1) is 0 Å².